The number of carbonyl (C=O) groups is 2. The molecule has 0 saturated carbocycles. The van der Waals surface area contributed by atoms with Crippen LogP contribution in [0.4, 0.5) is 0 Å². The van der Waals surface area contributed by atoms with E-state index in [0.29, 0.717) is 12.8 Å². The Balaban J connectivity index is 2.11. The highest BCUT2D eigenvalue weighted by molar-refractivity contribution is 7.44. The Hall–Kier alpha value is -1.36. The summed E-state index contributed by atoms with van der Waals surface area (Å²) in [5, 5.41) is 0. The summed E-state index contributed by atoms with van der Waals surface area (Å²) in [5.41, 5.74) is -0.859. The van der Waals surface area contributed by atoms with Gasteiger partial charge in [-0.2, -0.15) is 0 Å². The summed E-state index contributed by atoms with van der Waals surface area (Å²) in [6, 6.07) is 0.361. The Morgan fingerprint density at radius 1 is 1.40 bits per heavy atom. The molecule has 0 N–H and O–H groups in total. The summed E-state index contributed by atoms with van der Waals surface area (Å²) in [7, 11) is -1.43. The van der Waals surface area contributed by atoms with E-state index in [2.05, 4.69) is 37.2 Å². The summed E-state index contributed by atoms with van der Waals surface area (Å²) in [4.78, 5) is 28.6. The largest absolute Gasteiger partial charge is 0.349 e. The van der Waals surface area contributed by atoms with Crippen molar-refractivity contribution in [3.8, 4) is 0 Å². The van der Waals surface area contributed by atoms with E-state index in [4.69, 9.17) is 21.7 Å². The van der Waals surface area contributed by atoms with Crippen molar-refractivity contribution in [2.45, 2.75) is 84.2 Å². The Morgan fingerprint density at radius 3 is 2.73 bits per heavy atom. The number of hydrogen-bond donors (Lipinski definition) is 0. The molecule has 0 aromatic carbocycles. The average Bonchev–Trinajstić information content (AvgIpc) is 2.71. The molecule has 0 aliphatic carbocycles. The first-order valence-electron chi connectivity index (χ1n) is 11.1. The van der Waals surface area contributed by atoms with E-state index >= 15 is 0 Å². The highest BCUT2D eigenvalue weighted by Gasteiger charge is 2.39. The van der Waals surface area contributed by atoms with Crippen LogP contribution in [0.5, 0.6) is 0 Å². The van der Waals surface area contributed by atoms with Crippen molar-refractivity contribution in [2.24, 2.45) is 0 Å². The van der Waals surface area contributed by atoms with Gasteiger partial charge in [0.15, 0.2) is 5.78 Å². The highest BCUT2D eigenvalue weighted by Crippen LogP contribution is 2.47. The van der Waals surface area contributed by atoms with E-state index < -0.39 is 20.4 Å². The summed E-state index contributed by atoms with van der Waals surface area (Å²) in [5.74, 6) is -0.494. The molecule has 2 aliphatic rings. The Labute approximate surface area is 182 Å². The lowest BCUT2D eigenvalue weighted by atomic mass is 9.95. The monoisotopic (exact) mass is 440 g/mol. The van der Waals surface area contributed by atoms with Crippen molar-refractivity contribution in [2.75, 3.05) is 19.8 Å². The Kier molecular flexibility index (Phi) is 8.79. The van der Waals surface area contributed by atoms with Crippen LogP contribution >= 0.6 is 8.53 Å². The SMILES string of the molecule is [2H]C[C@@]1(COP(OCC[N+]#[C-])N(C(C)C)C(C)C)CCC[C@H](N2C=CC(=O)CC2=O)O1. The van der Waals surface area contributed by atoms with E-state index in [9.17, 15) is 9.59 Å². The number of nitrogens with zero attached hydrogens (tertiary/aromatic N) is 3. The lowest BCUT2D eigenvalue weighted by Crippen LogP contribution is -2.50. The molecule has 30 heavy (non-hydrogen) atoms. The Morgan fingerprint density at radius 2 is 2.13 bits per heavy atom. The highest BCUT2D eigenvalue weighted by atomic mass is 31.2. The normalized spacial score (nSPS) is 26.4. The van der Waals surface area contributed by atoms with Crippen LogP contribution < -0.4 is 0 Å². The molecule has 9 heteroatoms. The molecular weight excluding hydrogens is 405 g/mol. The van der Waals surface area contributed by atoms with Crippen LogP contribution in [0.2, 0.25) is 0 Å². The fraction of sp³-hybridized carbons (Fsp3) is 0.762. The molecule has 1 unspecified atom stereocenters. The van der Waals surface area contributed by atoms with Crippen LogP contribution in [-0.4, -0.2) is 64.9 Å². The van der Waals surface area contributed by atoms with Crippen molar-refractivity contribution < 1.29 is 24.7 Å². The second-order valence-corrected chi connectivity index (χ2v) is 9.66. The van der Waals surface area contributed by atoms with Crippen LogP contribution in [0, 0.1) is 6.57 Å². The lowest BCUT2D eigenvalue weighted by molar-refractivity contribution is -0.186. The quantitative estimate of drug-likeness (QED) is 0.222. The third-order valence-corrected chi connectivity index (χ3v) is 6.96. The van der Waals surface area contributed by atoms with Gasteiger partial charge >= 0.3 is 0 Å². The number of amides is 1. The number of ether oxygens (including phenoxy) is 1. The molecule has 1 saturated heterocycles. The zero-order chi connectivity index (χ0) is 23.0. The van der Waals surface area contributed by atoms with Gasteiger partial charge in [0.1, 0.15) is 12.8 Å². The molecule has 0 aromatic rings. The predicted octanol–water partition coefficient (Wildman–Crippen LogP) is 3.88. The van der Waals surface area contributed by atoms with E-state index in [1.165, 1.54) is 17.2 Å². The Bertz CT molecular complexity index is 691. The van der Waals surface area contributed by atoms with Crippen LogP contribution in [0.15, 0.2) is 12.3 Å². The molecule has 1 amide bonds. The number of rotatable bonds is 10. The number of allylic oxidation sites excluding steroid dienone is 1. The van der Waals surface area contributed by atoms with Gasteiger partial charge in [-0.05, 0) is 59.9 Å². The molecule has 2 heterocycles. The molecule has 8 nitrogen and oxygen atoms in total. The van der Waals surface area contributed by atoms with Crippen LogP contribution in [-0.2, 0) is 23.4 Å². The van der Waals surface area contributed by atoms with Gasteiger partial charge in [-0.15, -0.1) is 0 Å². The van der Waals surface area contributed by atoms with Crippen molar-refractivity contribution >= 4 is 20.2 Å². The topological polar surface area (TPSA) is 72.7 Å². The third-order valence-electron chi connectivity index (χ3n) is 4.90. The summed E-state index contributed by atoms with van der Waals surface area (Å²) >= 11 is 0. The van der Waals surface area contributed by atoms with E-state index in [1.807, 2.05) is 0 Å². The second kappa shape index (κ2) is 11.3. The first-order chi connectivity index (χ1) is 14.7. The van der Waals surface area contributed by atoms with Crippen LogP contribution in [0.1, 0.15) is 61.6 Å². The molecule has 1 fully saturated rings. The molecule has 2 aliphatic heterocycles. The van der Waals surface area contributed by atoms with E-state index in [-0.39, 0.29) is 56.9 Å². The molecule has 0 bridgehead atoms. The van der Waals surface area contributed by atoms with Gasteiger partial charge in [0.05, 0.1) is 18.6 Å². The van der Waals surface area contributed by atoms with E-state index in [0.717, 1.165) is 6.42 Å². The van der Waals surface area contributed by atoms with Crippen molar-refractivity contribution in [1.29, 1.82) is 0 Å². The minimum Gasteiger partial charge on any atom is -0.349 e. The average molecular weight is 440 g/mol. The first-order valence-corrected chi connectivity index (χ1v) is 11.5. The van der Waals surface area contributed by atoms with Crippen LogP contribution in [0.3, 0.4) is 0 Å². The van der Waals surface area contributed by atoms with Gasteiger partial charge in [0.2, 0.25) is 12.5 Å². The van der Waals surface area contributed by atoms with Gasteiger partial charge in [0, 0.05) is 19.7 Å². The maximum absolute atomic E-state index is 12.3. The van der Waals surface area contributed by atoms with Crippen molar-refractivity contribution in [1.82, 2.24) is 9.57 Å². The second-order valence-electron chi connectivity index (χ2n) is 8.20. The van der Waals surface area contributed by atoms with Crippen molar-refractivity contribution in [3.63, 3.8) is 0 Å². The molecule has 0 aromatic heterocycles. The molecule has 3 atom stereocenters. The number of ketones is 1. The summed E-state index contributed by atoms with van der Waals surface area (Å²) < 4.78 is 28.7. The number of carbonyl (C=O) groups excluding carboxylic acids is 2. The summed E-state index contributed by atoms with van der Waals surface area (Å²) in [6.07, 6.45) is 4.29. The van der Waals surface area contributed by atoms with Gasteiger partial charge in [-0.1, -0.05) is 0 Å². The first kappa shape index (κ1) is 23.3. The van der Waals surface area contributed by atoms with Gasteiger partial charge in [-0.25, -0.2) is 11.2 Å². The van der Waals surface area contributed by atoms with Gasteiger partial charge in [-0.3, -0.25) is 14.5 Å². The number of hydrogen-bond acceptors (Lipinski definition) is 6. The summed E-state index contributed by atoms with van der Waals surface area (Å²) in [6.45, 7) is 16.0. The fourth-order valence-electron chi connectivity index (χ4n) is 3.59. The maximum Gasteiger partial charge on any atom is 0.259 e. The maximum atomic E-state index is 12.3. The molecule has 0 spiro atoms. The smallest absolute Gasteiger partial charge is 0.259 e. The van der Waals surface area contributed by atoms with E-state index in [1.54, 1.807) is 0 Å². The van der Waals surface area contributed by atoms with Crippen LogP contribution in [0.25, 0.3) is 4.85 Å². The predicted molar refractivity (Wildman–Crippen MR) is 115 cm³/mol. The fourth-order valence-corrected chi connectivity index (χ4v) is 5.27. The lowest BCUT2D eigenvalue weighted by Gasteiger charge is -2.43. The minimum atomic E-state index is -1.43. The molecule has 0 radical (unpaired) electrons. The molecular formula is C21H34N3O5P. The standard InChI is InChI=1S/C21H34N3O5P/c1-16(2)24(17(3)4)30(27-13-11-22-6)28-15-21(5)10-7-8-20(29-21)23-12-9-18(25)14-19(23)26/h9,12,16-17,20H,7-8,10-11,13-15H2,1-5H3/t20-,21+,30?/m1/s1/i5D. The molecule has 2 rings (SSSR count). The van der Waals surface area contributed by atoms with Gasteiger partial charge in [0.25, 0.3) is 8.53 Å². The minimum absolute atomic E-state index is 0.0112. The third kappa shape index (κ3) is 6.83. The molecule has 168 valence electrons. The zero-order valence-corrected chi connectivity index (χ0v) is 19.3. The zero-order valence-electron chi connectivity index (χ0n) is 19.4. The van der Waals surface area contributed by atoms with Gasteiger partial charge < -0.3 is 18.6 Å². The van der Waals surface area contributed by atoms with Crippen molar-refractivity contribution in [3.05, 3.63) is 23.7 Å².